The highest BCUT2D eigenvalue weighted by Gasteiger charge is 2.45. The number of H-pyrrole nitrogens is 1. The van der Waals surface area contributed by atoms with Gasteiger partial charge in [-0.3, -0.25) is 14.3 Å². The standard InChI is InChI=1S/C12H15FN2O6/c13-8-9(18)7(5-17)21-11(8)15-4-6(2-1-3-16)10(19)14-12(15)20/h1-2,4,7-9,11,16-18H,3,5H2,(H,14,19,20)/b2-1+/t7-,8-,9-,11-/m1/s1. The summed E-state index contributed by atoms with van der Waals surface area (Å²) in [5, 5.41) is 27.2. The maximum Gasteiger partial charge on any atom is 0.330 e. The number of ether oxygens (including phenoxy) is 1. The van der Waals surface area contributed by atoms with E-state index >= 15 is 0 Å². The Morgan fingerprint density at radius 3 is 2.71 bits per heavy atom. The average Bonchev–Trinajstić information content (AvgIpc) is 2.74. The molecule has 1 aliphatic rings. The number of aliphatic hydroxyl groups is 3. The molecule has 4 N–H and O–H groups in total. The van der Waals surface area contributed by atoms with E-state index in [2.05, 4.69) is 0 Å². The summed E-state index contributed by atoms with van der Waals surface area (Å²) in [6.45, 7) is -0.914. The zero-order valence-corrected chi connectivity index (χ0v) is 10.8. The zero-order valence-electron chi connectivity index (χ0n) is 10.8. The molecular weight excluding hydrogens is 287 g/mol. The van der Waals surface area contributed by atoms with Crippen LogP contribution in [-0.2, 0) is 4.74 Å². The SMILES string of the molecule is O=c1[nH]c(=O)n([C@@H]2O[C@H](CO)[C@@H](O)[C@H]2F)cc1/C=C/CO. The molecule has 8 nitrogen and oxygen atoms in total. The minimum Gasteiger partial charge on any atom is -0.394 e. The molecular formula is C12H15FN2O6. The van der Waals surface area contributed by atoms with Gasteiger partial charge in [-0.05, 0) is 6.08 Å². The van der Waals surface area contributed by atoms with Crippen LogP contribution in [0.2, 0.25) is 0 Å². The predicted molar refractivity (Wildman–Crippen MR) is 69.3 cm³/mol. The number of halogens is 1. The van der Waals surface area contributed by atoms with Crippen molar-refractivity contribution in [3.63, 3.8) is 0 Å². The Bertz CT molecular complexity index is 639. The third kappa shape index (κ3) is 2.95. The van der Waals surface area contributed by atoms with Crippen molar-refractivity contribution in [2.75, 3.05) is 13.2 Å². The Hall–Kier alpha value is -1.81. The largest absolute Gasteiger partial charge is 0.394 e. The molecule has 116 valence electrons. The quantitative estimate of drug-likeness (QED) is 0.516. The second-order valence-electron chi connectivity index (χ2n) is 4.52. The maximum absolute atomic E-state index is 14.0. The lowest BCUT2D eigenvalue weighted by Gasteiger charge is -2.16. The summed E-state index contributed by atoms with van der Waals surface area (Å²) in [6.07, 6.45) is -2.51. The van der Waals surface area contributed by atoms with Crippen LogP contribution in [-0.4, -0.2) is 56.5 Å². The van der Waals surface area contributed by atoms with Crippen LogP contribution in [0.5, 0.6) is 0 Å². The van der Waals surface area contributed by atoms with E-state index in [1.165, 1.54) is 12.2 Å². The van der Waals surface area contributed by atoms with E-state index in [1.54, 1.807) is 0 Å². The van der Waals surface area contributed by atoms with Crippen LogP contribution in [0.4, 0.5) is 4.39 Å². The van der Waals surface area contributed by atoms with Gasteiger partial charge in [-0.25, -0.2) is 9.18 Å². The van der Waals surface area contributed by atoms with Crippen molar-refractivity contribution in [2.45, 2.75) is 24.6 Å². The Morgan fingerprint density at radius 1 is 1.43 bits per heavy atom. The maximum atomic E-state index is 14.0. The second kappa shape index (κ2) is 6.31. The van der Waals surface area contributed by atoms with Gasteiger partial charge in [0.05, 0.1) is 18.8 Å². The molecule has 0 amide bonds. The van der Waals surface area contributed by atoms with Gasteiger partial charge in [-0.15, -0.1) is 0 Å². The number of rotatable bonds is 4. The van der Waals surface area contributed by atoms with E-state index in [-0.39, 0.29) is 12.2 Å². The fourth-order valence-corrected chi connectivity index (χ4v) is 2.07. The summed E-state index contributed by atoms with van der Waals surface area (Å²) in [7, 11) is 0. The van der Waals surface area contributed by atoms with Gasteiger partial charge in [-0.1, -0.05) is 6.08 Å². The molecule has 2 rings (SSSR count). The first kappa shape index (κ1) is 15.6. The number of nitrogens with zero attached hydrogens (tertiary/aromatic N) is 1. The smallest absolute Gasteiger partial charge is 0.330 e. The summed E-state index contributed by atoms with van der Waals surface area (Å²) >= 11 is 0. The molecule has 1 aliphatic heterocycles. The van der Waals surface area contributed by atoms with E-state index in [9.17, 15) is 19.1 Å². The number of hydrogen-bond donors (Lipinski definition) is 4. The van der Waals surface area contributed by atoms with Gasteiger partial charge in [0.2, 0.25) is 0 Å². The van der Waals surface area contributed by atoms with Crippen molar-refractivity contribution in [1.82, 2.24) is 9.55 Å². The molecule has 1 fully saturated rings. The molecule has 4 atom stereocenters. The van der Waals surface area contributed by atoms with E-state index in [0.29, 0.717) is 0 Å². The fourth-order valence-electron chi connectivity index (χ4n) is 2.07. The topological polar surface area (TPSA) is 125 Å². The Morgan fingerprint density at radius 2 is 2.14 bits per heavy atom. The highest BCUT2D eigenvalue weighted by molar-refractivity contribution is 5.46. The summed E-state index contributed by atoms with van der Waals surface area (Å²) < 4.78 is 19.9. The highest BCUT2D eigenvalue weighted by Crippen LogP contribution is 2.30. The van der Waals surface area contributed by atoms with Crippen LogP contribution in [0.15, 0.2) is 21.9 Å². The predicted octanol–water partition coefficient (Wildman–Crippen LogP) is -1.87. The molecule has 0 radical (unpaired) electrons. The number of nitrogens with one attached hydrogen (secondary N) is 1. The number of hydrogen-bond acceptors (Lipinski definition) is 6. The van der Waals surface area contributed by atoms with Gasteiger partial charge in [-0.2, -0.15) is 0 Å². The highest BCUT2D eigenvalue weighted by atomic mass is 19.1. The van der Waals surface area contributed by atoms with Crippen molar-refractivity contribution in [2.24, 2.45) is 0 Å². The van der Waals surface area contributed by atoms with E-state index in [1.807, 2.05) is 4.98 Å². The molecule has 0 spiro atoms. The third-order valence-electron chi connectivity index (χ3n) is 3.15. The first-order chi connectivity index (χ1) is 9.99. The molecule has 0 saturated carbocycles. The molecule has 9 heteroatoms. The Balaban J connectivity index is 2.42. The summed E-state index contributed by atoms with van der Waals surface area (Å²) in [5.41, 5.74) is -1.59. The molecule has 0 aromatic carbocycles. The van der Waals surface area contributed by atoms with E-state index in [0.717, 1.165) is 10.8 Å². The van der Waals surface area contributed by atoms with Crippen molar-refractivity contribution >= 4 is 6.08 Å². The van der Waals surface area contributed by atoms with Crippen LogP contribution >= 0.6 is 0 Å². The monoisotopic (exact) mass is 302 g/mol. The van der Waals surface area contributed by atoms with Crippen LogP contribution < -0.4 is 11.2 Å². The van der Waals surface area contributed by atoms with E-state index in [4.69, 9.17) is 14.9 Å². The third-order valence-corrected chi connectivity index (χ3v) is 3.15. The number of aromatic amines is 1. The van der Waals surface area contributed by atoms with Crippen LogP contribution in [0.25, 0.3) is 6.08 Å². The summed E-state index contributed by atoms with van der Waals surface area (Å²) in [4.78, 5) is 25.3. The van der Waals surface area contributed by atoms with Crippen LogP contribution in [0.1, 0.15) is 11.8 Å². The molecule has 0 aliphatic carbocycles. The molecule has 0 bridgehead atoms. The van der Waals surface area contributed by atoms with Gasteiger partial charge >= 0.3 is 5.69 Å². The minimum absolute atomic E-state index is 0.0152. The summed E-state index contributed by atoms with van der Waals surface area (Å²) in [5.74, 6) is 0. The van der Waals surface area contributed by atoms with Gasteiger partial charge < -0.3 is 20.1 Å². The van der Waals surface area contributed by atoms with Crippen molar-refractivity contribution in [1.29, 1.82) is 0 Å². The Kier molecular flexibility index (Phi) is 4.68. The first-order valence-electron chi connectivity index (χ1n) is 6.21. The lowest BCUT2D eigenvalue weighted by Crippen LogP contribution is -2.36. The molecule has 0 unspecified atom stereocenters. The molecule has 1 aromatic rings. The normalized spacial score (nSPS) is 29.3. The average molecular weight is 302 g/mol. The van der Waals surface area contributed by atoms with Crippen LogP contribution in [0, 0.1) is 0 Å². The second-order valence-corrected chi connectivity index (χ2v) is 4.52. The number of aromatic nitrogens is 2. The Labute approximate surface area is 117 Å². The van der Waals surface area contributed by atoms with Crippen LogP contribution in [0.3, 0.4) is 0 Å². The van der Waals surface area contributed by atoms with E-state index < -0.39 is 42.5 Å². The van der Waals surface area contributed by atoms with Gasteiger partial charge in [0.15, 0.2) is 12.4 Å². The molecule has 1 saturated heterocycles. The number of aliphatic hydroxyl groups excluding tert-OH is 3. The van der Waals surface area contributed by atoms with Crippen molar-refractivity contribution in [3.8, 4) is 0 Å². The van der Waals surface area contributed by atoms with Gasteiger partial charge in [0.1, 0.15) is 12.2 Å². The molecule has 21 heavy (non-hydrogen) atoms. The zero-order chi connectivity index (χ0) is 15.6. The minimum atomic E-state index is -1.93. The fraction of sp³-hybridized carbons (Fsp3) is 0.500. The summed E-state index contributed by atoms with van der Waals surface area (Å²) in [6, 6.07) is 0. The lowest BCUT2D eigenvalue weighted by atomic mass is 10.1. The molecule has 2 heterocycles. The number of alkyl halides is 1. The lowest BCUT2D eigenvalue weighted by molar-refractivity contribution is -0.0491. The first-order valence-corrected chi connectivity index (χ1v) is 6.21. The molecule has 1 aromatic heterocycles. The van der Waals surface area contributed by atoms with Gasteiger partial charge in [0, 0.05) is 6.20 Å². The van der Waals surface area contributed by atoms with Crippen molar-refractivity contribution < 1.29 is 24.4 Å². The van der Waals surface area contributed by atoms with Crippen molar-refractivity contribution in [3.05, 3.63) is 38.7 Å². The van der Waals surface area contributed by atoms with Gasteiger partial charge in [0.25, 0.3) is 5.56 Å².